The van der Waals surface area contributed by atoms with E-state index in [1.54, 1.807) is 0 Å². The maximum atomic E-state index is 10.3. The van der Waals surface area contributed by atoms with E-state index in [1.807, 2.05) is 24.3 Å². The van der Waals surface area contributed by atoms with Crippen LogP contribution < -0.4 is 0 Å². The summed E-state index contributed by atoms with van der Waals surface area (Å²) in [5.41, 5.74) is 0.854. The molecule has 1 unspecified atom stereocenters. The summed E-state index contributed by atoms with van der Waals surface area (Å²) < 4.78 is 0. The van der Waals surface area contributed by atoms with Crippen molar-refractivity contribution in [2.24, 2.45) is 5.92 Å². The van der Waals surface area contributed by atoms with Crippen molar-refractivity contribution < 1.29 is 5.11 Å². The number of nitrogens with zero attached hydrogens (tertiary/aromatic N) is 1. The van der Waals surface area contributed by atoms with Gasteiger partial charge in [0.1, 0.15) is 0 Å². The van der Waals surface area contributed by atoms with Gasteiger partial charge in [-0.3, -0.25) is 0 Å². The lowest BCUT2D eigenvalue weighted by atomic mass is 10.1. The number of aliphatic hydroxyl groups is 1. The van der Waals surface area contributed by atoms with Crippen molar-refractivity contribution in [1.82, 2.24) is 4.90 Å². The fraction of sp³-hybridized carbons (Fsp3) is 0.625. The molecular weight excluding hydrogens is 258 g/mol. The number of halogens is 1. The number of hydrogen-bond acceptors (Lipinski definition) is 2. The molecule has 3 heteroatoms. The van der Waals surface area contributed by atoms with Gasteiger partial charge in [-0.15, -0.1) is 0 Å². The van der Waals surface area contributed by atoms with Gasteiger partial charge in [-0.2, -0.15) is 0 Å². The molecule has 2 rings (SSSR count). The van der Waals surface area contributed by atoms with E-state index in [9.17, 15) is 5.11 Å². The first-order valence-electron chi connectivity index (χ1n) is 7.35. The Morgan fingerprint density at radius 2 is 2.05 bits per heavy atom. The quantitative estimate of drug-likeness (QED) is 0.781. The fourth-order valence-corrected chi connectivity index (χ4v) is 2.74. The minimum Gasteiger partial charge on any atom is -0.388 e. The molecule has 106 valence electrons. The molecule has 1 aromatic rings. The third kappa shape index (κ3) is 4.79. The Balaban J connectivity index is 1.83. The molecule has 0 spiro atoms. The predicted molar refractivity (Wildman–Crippen MR) is 80.5 cm³/mol. The Hall–Kier alpha value is -0.570. The molecule has 1 N–H and O–H groups in total. The van der Waals surface area contributed by atoms with E-state index in [4.69, 9.17) is 11.6 Å². The summed E-state index contributed by atoms with van der Waals surface area (Å²) in [7, 11) is 0. The third-order valence-electron chi connectivity index (χ3n) is 3.74. The van der Waals surface area contributed by atoms with Gasteiger partial charge < -0.3 is 10.0 Å². The smallest absolute Gasteiger partial charge is 0.0816 e. The first-order valence-corrected chi connectivity index (χ1v) is 7.73. The van der Waals surface area contributed by atoms with E-state index >= 15 is 0 Å². The number of hydrogen-bond donors (Lipinski definition) is 1. The van der Waals surface area contributed by atoms with Crippen LogP contribution in [0.4, 0.5) is 0 Å². The van der Waals surface area contributed by atoms with Gasteiger partial charge in [0.15, 0.2) is 0 Å². The molecule has 0 aromatic heterocycles. The average Bonchev–Trinajstić information content (AvgIpc) is 3.20. The molecule has 1 aliphatic rings. The molecule has 0 radical (unpaired) electrons. The molecule has 1 atom stereocenters. The molecular formula is C16H24ClNO. The number of rotatable bonds is 8. The summed E-state index contributed by atoms with van der Waals surface area (Å²) >= 11 is 6.12. The van der Waals surface area contributed by atoms with Crippen LogP contribution in [0.2, 0.25) is 5.02 Å². The standard InChI is InChI=1S/C16H24ClNO/c1-2-10-18(12-13-7-8-13)11-9-16(19)14-5-3-4-6-15(14)17/h3-6,13,16,19H,2,7-12H2,1H3. The maximum absolute atomic E-state index is 10.3. The average molecular weight is 282 g/mol. The SMILES string of the molecule is CCCN(CCC(O)c1ccccc1Cl)CC1CC1. The summed E-state index contributed by atoms with van der Waals surface area (Å²) in [6.45, 7) is 5.50. The van der Waals surface area contributed by atoms with E-state index in [0.29, 0.717) is 5.02 Å². The van der Waals surface area contributed by atoms with Crippen LogP contribution in [0, 0.1) is 5.92 Å². The molecule has 1 aromatic carbocycles. The first-order chi connectivity index (χ1) is 9.20. The highest BCUT2D eigenvalue weighted by Crippen LogP contribution is 2.30. The van der Waals surface area contributed by atoms with Gasteiger partial charge in [-0.25, -0.2) is 0 Å². The van der Waals surface area contributed by atoms with Crippen LogP contribution in [-0.2, 0) is 0 Å². The Bertz CT molecular complexity index is 392. The molecule has 19 heavy (non-hydrogen) atoms. The van der Waals surface area contributed by atoms with Gasteiger partial charge in [0.25, 0.3) is 0 Å². The van der Waals surface area contributed by atoms with Crippen LogP contribution in [0.15, 0.2) is 24.3 Å². The second-order valence-corrected chi connectivity index (χ2v) is 5.98. The highest BCUT2D eigenvalue weighted by molar-refractivity contribution is 6.31. The van der Waals surface area contributed by atoms with E-state index < -0.39 is 6.10 Å². The summed E-state index contributed by atoms with van der Waals surface area (Å²) in [5.74, 6) is 0.906. The zero-order chi connectivity index (χ0) is 13.7. The highest BCUT2D eigenvalue weighted by atomic mass is 35.5. The summed E-state index contributed by atoms with van der Waals surface area (Å²) in [5, 5.41) is 10.9. The van der Waals surface area contributed by atoms with Gasteiger partial charge in [0.2, 0.25) is 0 Å². The van der Waals surface area contributed by atoms with Crippen molar-refractivity contribution in [2.75, 3.05) is 19.6 Å². The van der Waals surface area contributed by atoms with Crippen molar-refractivity contribution >= 4 is 11.6 Å². The fourth-order valence-electron chi connectivity index (χ4n) is 2.48. The Morgan fingerprint density at radius 3 is 2.68 bits per heavy atom. The lowest BCUT2D eigenvalue weighted by Crippen LogP contribution is -2.29. The largest absolute Gasteiger partial charge is 0.388 e. The van der Waals surface area contributed by atoms with Crippen LogP contribution in [-0.4, -0.2) is 29.6 Å². The number of aliphatic hydroxyl groups excluding tert-OH is 1. The topological polar surface area (TPSA) is 23.5 Å². The van der Waals surface area contributed by atoms with Gasteiger partial charge >= 0.3 is 0 Å². The molecule has 1 fully saturated rings. The third-order valence-corrected chi connectivity index (χ3v) is 4.08. The van der Waals surface area contributed by atoms with Crippen molar-refractivity contribution in [3.05, 3.63) is 34.9 Å². The minimum absolute atomic E-state index is 0.452. The Kier molecular flexibility index (Phi) is 5.68. The van der Waals surface area contributed by atoms with Crippen molar-refractivity contribution in [2.45, 2.75) is 38.7 Å². The van der Waals surface area contributed by atoms with Gasteiger partial charge in [-0.05, 0) is 49.8 Å². The highest BCUT2D eigenvalue weighted by Gasteiger charge is 2.24. The zero-order valence-electron chi connectivity index (χ0n) is 11.7. The monoisotopic (exact) mass is 281 g/mol. The molecule has 0 heterocycles. The lowest BCUT2D eigenvalue weighted by molar-refractivity contribution is 0.140. The van der Waals surface area contributed by atoms with Crippen LogP contribution in [0.5, 0.6) is 0 Å². The van der Waals surface area contributed by atoms with E-state index in [1.165, 1.54) is 25.8 Å². The summed E-state index contributed by atoms with van der Waals surface area (Å²) in [6.07, 6.45) is 4.25. The molecule has 1 saturated carbocycles. The van der Waals surface area contributed by atoms with Gasteiger partial charge in [-0.1, -0.05) is 36.7 Å². The van der Waals surface area contributed by atoms with Gasteiger partial charge in [0.05, 0.1) is 6.10 Å². The molecule has 0 amide bonds. The van der Waals surface area contributed by atoms with Crippen molar-refractivity contribution in [3.63, 3.8) is 0 Å². The molecule has 0 bridgehead atoms. The number of benzene rings is 1. The van der Waals surface area contributed by atoms with Crippen LogP contribution in [0.25, 0.3) is 0 Å². The van der Waals surface area contributed by atoms with Crippen LogP contribution in [0.3, 0.4) is 0 Å². The normalized spacial score (nSPS) is 16.8. The first kappa shape index (κ1) is 14.8. The molecule has 0 aliphatic heterocycles. The Morgan fingerprint density at radius 1 is 1.32 bits per heavy atom. The lowest BCUT2D eigenvalue weighted by Gasteiger charge is -2.23. The van der Waals surface area contributed by atoms with E-state index in [-0.39, 0.29) is 0 Å². The van der Waals surface area contributed by atoms with Crippen molar-refractivity contribution in [1.29, 1.82) is 0 Å². The molecule has 1 aliphatic carbocycles. The summed E-state index contributed by atoms with van der Waals surface area (Å²) in [4.78, 5) is 2.48. The molecule has 0 saturated heterocycles. The Labute approximate surface area is 121 Å². The van der Waals surface area contributed by atoms with E-state index in [2.05, 4.69) is 11.8 Å². The second-order valence-electron chi connectivity index (χ2n) is 5.57. The minimum atomic E-state index is -0.452. The van der Waals surface area contributed by atoms with E-state index in [0.717, 1.165) is 31.0 Å². The van der Waals surface area contributed by atoms with Gasteiger partial charge in [0, 0.05) is 18.1 Å². The molecule has 2 nitrogen and oxygen atoms in total. The van der Waals surface area contributed by atoms with Crippen molar-refractivity contribution in [3.8, 4) is 0 Å². The second kappa shape index (κ2) is 7.28. The zero-order valence-corrected chi connectivity index (χ0v) is 12.4. The summed E-state index contributed by atoms with van der Waals surface area (Å²) in [6, 6.07) is 7.58. The maximum Gasteiger partial charge on any atom is 0.0816 e. The van der Waals surface area contributed by atoms with Crippen LogP contribution >= 0.6 is 11.6 Å². The van der Waals surface area contributed by atoms with Crippen LogP contribution in [0.1, 0.15) is 44.3 Å². The predicted octanol–water partition coefficient (Wildman–Crippen LogP) is 3.89.